The van der Waals surface area contributed by atoms with Gasteiger partial charge in [-0.15, -0.1) is 0 Å². The van der Waals surface area contributed by atoms with Crippen LogP contribution in [0.2, 0.25) is 0 Å². The number of rotatable bonds is 3. The van der Waals surface area contributed by atoms with Crippen LogP contribution in [0.3, 0.4) is 0 Å². The van der Waals surface area contributed by atoms with Crippen molar-refractivity contribution in [1.82, 2.24) is 14.5 Å². The first-order valence-corrected chi connectivity index (χ1v) is 10.7. The summed E-state index contributed by atoms with van der Waals surface area (Å²) in [6, 6.07) is 11.8. The second-order valence-corrected chi connectivity index (χ2v) is 8.95. The molecule has 1 saturated heterocycles. The van der Waals surface area contributed by atoms with E-state index in [1.165, 1.54) is 18.2 Å². The molecule has 0 spiro atoms. The van der Waals surface area contributed by atoms with Gasteiger partial charge >= 0.3 is 0 Å². The predicted molar refractivity (Wildman–Crippen MR) is 115 cm³/mol. The topological polar surface area (TPSA) is 55.2 Å². The van der Waals surface area contributed by atoms with E-state index in [9.17, 15) is 9.59 Å². The SMILES string of the molecule is C[C@@H]1C[C@@H](C)CN(C(=O)CSc2nc3cc4ccccc4cc3c(=O)n2C)C1. The monoisotopic (exact) mass is 395 g/mol. The molecule has 1 aliphatic heterocycles. The summed E-state index contributed by atoms with van der Waals surface area (Å²) in [6.45, 7) is 6.03. The van der Waals surface area contributed by atoms with Crippen LogP contribution in [0.15, 0.2) is 46.3 Å². The fourth-order valence-corrected chi connectivity index (χ4v) is 5.03. The number of carbonyl (C=O) groups excluding carboxylic acids is 1. The number of fused-ring (bicyclic) bond motifs is 2. The number of carbonyl (C=O) groups is 1. The van der Waals surface area contributed by atoms with E-state index in [0.29, 0.717) is 33.6 Å². The van der Waals surface area contributed by atoms with E-state index < -0.39 is 0 Å². The van der Waals surface area contributed by atoms with E-state index in [1.54, 1.807) is 11.6 Å². The van der Waals surface area contributed by atoms with Crippen LogP contribution in [-0.2, 0) is 11.8 Å². The van der Waals surface area contributed by atoms with Gasteiger partial charge in [-0.05, 0) is 41.2 Å². The van der Waals surface area contributed by atoms with Crippen LogP contribution in [0.1, 0.15) is 20.3 Å². The van der Waals surface area contributed by atoms with Crippen molar-refractivity contribution in [2.45, 2.75) is 25.4 Å². The molecule has 1 amide bonds. The molecule has 0 bridgehead atoms. The maximum Gasteiger partial charge on any atom is 0.261 e. The molecule has 0 radical (unpaired) electrons. The van der Waals surface area contributed by atoms with E-state index in [1.807, 2.05) is 41.3 Å². The number of amides is 1. The molecule has 1 fully saturated rings. The smallest absolute Gasteiger partial charge is 0.261 e. The summed E-state index contributed by atoms with van der Waals surface area (Å²) in [6.07, 6.45) is 1.17. The van der Waals surface area contributed by atoms with E-state index in [4.69, 9.17) is 0 Å². The number of likely N-dealkylation sites (tertiary alicyclic amines) is 1. The van der Waals surface area contributed by atoms with Gasteiger partial charge < -0.3 is 4.90 Å². The Kier molecular flexibility index (Phi) is 5.15. The normalized spacial score (nSPS) is 20.0. The van der Waals surface area contributed by atoms with Gasteiger partial charge in [-0.2, -0.15) is 0 Å². The Bertz CT molecular complexity index is 1100. The lowest BCUT2D eigenvalue weighted by Gasteiger charge is -2.35. The lowest BCUT2D eigenvalue weighted by molar-refractivity contribution is -0.130. The molecule has 2 heterocycles. The Morgan fingerprint density at radius 3 is 2.46 bits per heavy atom. The molecule has 0 unspecified atom stereocenters. The molecule has 1 aromatic heterocycles. The first-order valence-electron chi connectivity index (χ1n) is 9.72. The van der Waals surface area contributed by atoms with Crippen molar-refractivity contribution in [3.8, 4) is 0 Å². The standard InChI is InChI=1S/C22H25N3O2S/c1-14-8-15(2)12-25(11-14)20(26)13-28-22-23-19-10-17-7-5-4-6-16(17)9-18(19)21(27)24(22)3/h4-7,9-10,14-15H,8,11-13H2,1-3H3/t14-,15-/m1/s1. The van der Waals surface area contributed by atoms with Crippen LogP contribution in [0.25, 0.3) is 21.7 Å². The highest BCUT2D eigenvalue weighted by molar-refractivity contribution is 7.99. The first-order chi connectivity index (χ1) is 13.4. The van der Waals surface area contributed by atoms with Crippen LogP contribution < -0.4 is 5.56 Å². The Hall–Kier alpha value is -2.34. The molecule has 6 heteroatoms. The average Bonchev–Trinajstić information content (AvgIpc) is 2.67. The van der Waals surface area contributed by atoms with Gasteiger partial charge in [0.25, 0.3) is 5.56 Å². The van der Waals surface area contributed by atoms with Gasteiger partial charge in [0.1, 0.15) is 0 Å². The molecular formula is C22H25N3O2S. The van der Waals surface area contributed by atoms with Crippen LogP contribution in [0, 0.1) is 11.8 Å². The summed E-state index contributed by atoms with van der Waals surface area (Å²) in [5, 5.41) is 3.27. The minimum atomic E-state index is -0.0779. The molecule has 0 aliphatic carbocycles. The minimum Gasteiger partial charge on any atom is -0.341 e. The highest BCUT2D eigenvalue weighted by Crippen LogP contribution is 2.24. The van der Waals surface area contributed by atoms with Crippen molar-refractivity contribution < 1.29 is 4.79 Å². The summed E-state index contributed by atoms with van der Waals surface area (Å²) >= 11 is 1.35. The van der Waals surface area contributed by atoms with E-state index >= 15 is 0 Å². The van der Waals surface area contributed by atoms with Crippen LogP contribution in [-0.4, -0.2) is 39.2 Å². The zero-order valence-electron chi connectivity index (χ0n) is 16.5. The molecule has 4 rings (SSSR count). The Morgan fingerprint density at radius 1 is 1.14 bits per heavy atom. The van der Waals surface area contributed by atoms with Crippen molar-refractivity contribution in [3.63, 3.8) is 0 Å². The van der Waals surface area contributed by atoms with E-state index in [-0.39, 0.29) is 11.5 Å². The highest BCUT2D eigenvalue weighted by Gasteiger charge is 2.25. The fraction of sp³-hybridized carbons (Fsp3) is 0.409. The summed E-state index contributed by atoms with van der Waals surface area (Å²) < 4.78 is 1.55. The lowest BCUT2D eigenvalue weighted by Crippen LogP contribution is -2.43. The predicted octanol–water partition coefficient (Wildman–Crippen LogP) is 3.68. The molecule has 0 N–H and O–H groups in total. The molecular weight excluding hydrogens is 370 g/mol. The molecule has 1 aliphatic rings. The Labute approximate surface area is 168 Å². The number of hydrogen-bond donors (Lipinski definition) is 0. The lowest BCUT2D eigenvalue weighted by atomic mass is 9.92. The maximum absolute atomic E-state index is 12.8. The van der Waals surface area contributed by atoms with Gasteiger partial charge in [0.05, 0.1) is 16.7 Å². The molecule has 3 aromatic rings. The number of hydrogen-bond acceptors (Lipinski definition) is 4. The van der Waals surface area contributed by atoms with Gasteiger partial charge in [-0.1, -0.05) is 49.9 Å². The molecule has 146 valence electrons. The van der Waals surface area contributed by atoms with Gasteiger partial charge in [0.2, 0.25) is 5.91 Å². The average molecular weight is 396 g/mol. The first kappa shape index (κ1) is 19.0. The number of benzene rings is 2. The molecule has 2 aromatic carbocycles. The van der Waals surface area contributed by atoms with Crippen molar-refractivity contribution in [3.05, 3.63) is 46.8 Å². The summed E-state index contributed by atoms with van der Waals surface area (Å²) in [5.74, 6) is 1.50. The molecule has 0 saturated carbocycles. The van der Waals surface area contributed by atoms with Crippen LogP contribution >= 0.6 is 11.8 Å². The van der Waals surface area contributed by atoms with Gasteiger partial charge in [-0.25, -0.2) is 4.98 Å². The fourth-order valence-electron chi connectivity index (χ4n) is 4.15. The van der Waals surface area contributed by atoms with Crippen molar-refractivity contribution in [1.29, 1.82) is 0 Å². The molecule has 28 heavy (non-hydrogen) atoms. The van der Waals surface area contributed by atoms with Crippen molar-refractivity contribution >= 4 is 39.3 Å². The summed E-state index contributed by atoms with van der Waals surface area (Å²) in [7, 11) is 1.72. The zero-order chi connectivity index (χ0) is 19.8. The van der Waals surface area contributed by atoms with Crippen LogP contribution in [0.5, 0.6) is 0 Å². The number of piperidine rings is 1. The number of nitrogens with zero attached hydrogens (tertiary/aromatic N) is 3. The van der Waals surface area contributed by atoms with Crippen LogP contribution in [0.4, 0.5) is 0 Å². The second kappa shape index (κ2) is 7.59. The number of aromatic nitrogens is 2. The second-order valence-electron chi connectivity index (χ2n) is 8.01. The van der Waals surface area contributed by atoms with E-state index in [0.717, 1.165) is 23.9 Å². The van der Waals surface area contributed by atoms with Gasteiger partial charge in [0.15, 0.2) is 5.16 Å². The zero-order valence-corrected chi connectivity index (χ0v) is 17.3. The summed E-state index contributed by atoms with van der Waals surface area (Å²) in [5.41, 5.74) is 0.600. The molecule has 5 nitrogen and oxygen atoms in total. The number of thioether (sulfide) groups is 1. The quantitative estimate of drug-likeness (QED) is 0.386. The highest BCUT2D eigenvalue weighted by atomic mass is 32.2. The third-order valence-electron chi connectivity index (χ3n) is 5.45. The Morgan fingerprint density at radius 2 is 1.79 bits per heavy atom. The molecule has 2 atom stereocenters. The minimum absolute atomic E-state index is 0.0779. The third kappa shape index (κ3) is 3.65. The van der Waals surface area contributed by atoms with Crippen molar-refractivity contribution in [2.75, 3.05) is 18.8 Å². The van der Waals surface area contributed by atoms with Crippen molar-refractivity contribution in [2.24, 2.45) is 18.9 Å². The Balaban J connectivity index is 1.60. The largest absolute Gasteiger partial charge is 0.341 e. The van der Waals surface area contributed by atoms with Gasteiger partial charge in [-0.3, -0.25) is 14.2 Å². The van der Waals surface area contributed by atoms with Gasteiger partial charge in [0, 0.05) is 20.1 Å². The van der Waals surface area contributed by atoms with E-state index in [2.05, 4.69) is 18.8 Å². The third-order valence-corrected chi connectivity index (χ3v) is 6.46. The summed E-state index contributed by atoms with van der Waals surface area (Å²) in [4.78, 5) is 32.2. The maximum atomic E-state index is 12.8.